The smallest absolute Gasteiger partial charge is 0.343 e. The van der Waals surface area contributed by atoms with Gasteiger partial charge in [-0.3, -0.25) is 0 Å². The van der Waals surface area contributed by atoms with Crippen molar-refractivity contribution in [2.24, 2.45) is 0 Å². The monoisotopic (exact) mass is 340 g/mol. The van der Waals surface area contributed by atoms with Gasteiger partial charge in [-0.2, -0.15) is 0 Å². The summed E-state index contributed by atoms with van der Waals surface area (Å²) in [4.78, 5) is 12.1. The number of benzene rings is 2. The van der Waals surface area contributed by atoms with Crippen molar-refractivity contribution in [2.45, 2.75) is 0 Å². The van der Waals surface area contributed by atoms with Gasteiger partial charge in [0.05, 0.1) is 19.8 Å². The second-order valence-electron chi connectivity index (χ2n) is 5.32. The van der Waals surface area contributed by atoms with E-state index < -0.39 is 5.97 Å². The summed E-state index contributed by atoms with van der Waals surface area (Å²) >= 11 is 0. The summed E-state index contributed by atoms with van der Waals surface area (Å²) in [5, 5.41) is 18.9. The molecule has 0 bridgehead atoms. The maximum Gasteiger partial charge on any atom is 0.343 e. The van der Waals surface area contributed by atoms with E-state index in [0.717, 1.165) is 0 Å². The summed E-state index contributed by atoms with van der Waals surface area (Å²) in [7, 11) is 3.07. The molecular formula is C19H16O6. The number of methoxy groups -OCH3 is 2. The first kappa shape index (κ1) is 16.4. The quantitative estimate of drug-likeness (QED) is 0.505. The number of hydrogen-bond acceptors (Lipinski definition) is 6. The van der Waals surface area contributed by atoms with Crippen molar-refractivity contribution < 1.29 is 29.2 Å². The summed E-state index contributed by atoms with van der Waals surface area (Å²) in [5.41, 5.74) is 1.56. The standard InChI is InChI=1S/C19H16O6/c1-23-16-6-4-12(9-18(16)24-2)17-10-13(19(22)25-17)7-11-3-5-14(20)15(21)8-11/h3-10,20-21H,1-2H3/b13-7+. The summed E-state index contributed by atoms with van der Waals surface area (Å²) in [6.07, 6.45) is 3.17. The van der Waals surface area contributed by atoms with Gasteiger partial charge in [-0.25, -0.2) is 4.79 Å². The molecule has 0 fully saturated rings. The summed E-state index contributed by atoms with van der Waals surface area (Å²) in [6, 6.07) is 9.49. The molecule has 0 spiro atoms. The predicted octanol–water partition coefficient (Wildman–Crippen LogP) is 3.10. The highest BCUT2D eigenvalue weighted by Crippen LogP contribution is 2.34. The number of carbonyl (C=O) groups is 1. The van der Waals surface area contributed by atoms with Crippen LogP contribution in [0, 0.1) is 0 Å². The number of cyclic esters (lactones) is 1. The van der Waals surface area contributed by atoms with E-state index in [1.807, 2.05) is 0 Å². The molecule has 0 amide bonds. The van der Waals surface area contributed by atoms with Gasteiger partial charge in [0.15, 0.2) is 23.0 Å². The summed E-state index contributed by atoms with van der Waals surface area (Å²) in [5.74, 6) is 0.504. The zero-order valence-electron chi connectivity index (χ0n) is 13.6. The Labute approximate surface area is 144 Å². The second-order valence-corrected chi connectivity index (χ2v) is 5.32. The van der Waals surface area contributed by atoms with E-state index in [1.165, 1.54) is 19.2 Å². The highest BCUT2D eigenvalue weighted by molar-refractivity contribution is 6.05. The van der Waals surface area contributed by atoms with Crippen molar-refractivity contribution in [1.29, 1.82) is 0 Å². The van der Waals surface area contributed by atoms with Crippen LogP contribution in [0.5, 0.6) is 23.0 Å². The second kappa shape index (κ2) is 6.60. The fourth-order valence-corrected chi connectivity index (χ4v) is 2.43. The molecule has 0 unspecified atom stereocenters. The highest BCUT2D eigenvalue weighted by Gasteiger charge is 2.23. The van der Waals surface area contributed by atoms with Crippen LogP contribution < -0.4 is 9.47 Å². The molecule has 0 aliphatic carbocycles. The molecule has 3 rings (SSSR count). The van der Waals surface area contributed by atoms with E-state index in [2.05, 4.69) is 0 Å². The molecule has 6 heteroatoms. The van der Waals surface area contributed by atoms with Crippen LogP contribution in [0.4, 0.5) is 0 Å². The molecule has 2 N–H and O–H groups in total. The van der Waals surface area contributed by atoms with Gasteiger partial charge in [-0.1, -0.05) is 6.07 Å². The SMILES string of the molecule is COc1ccc(C2=C/C(=C\c3ccc(O)c(O)c3)C(=O)O2)cc1OC. The van der Waals surface area contributed by atoms with Crippen molar-refractivity contribution in [3.8, 4) is 23.0 Å². The minimum atomic E-state index is -0.502. The Morgan fingerprint density at radius 3 is 2.40 bits per heavy atom. The first-order valence-corrected chi connectivity index (χ1v) is 7.42. The number of rotatable bonds is 4. The van der Waals surface area contributed by atoms with E-state index >= 15 is 0 Å². The lowest BCUT2D eigenvalue weighted by Gasteiger charge is -2.09. The minimum Gasteiger partial charge on any atom is -0.504 e. The zero-order chi connectivity index (χ0) is 18.0. The van der Waals surface area contributed by atoms with Crippen LogP contribution >= 0.6 is 0 Å². The third-order valence-electron chi connectivity index (χ3n) is 3.71. The number of aromatic hydroxyl groups is 2. The topological polar surface area (TPSA) is 85.2 Å². The number of phenolic OH excluding ortho intramolecular Hbond substituents is 2. The van der Waals surface area contributed by atoms with Crippen LogP contribution in [-0.2, 0) is 9.53 Å². The van der Waals surface area contributed by atoms with Gasteiger partial charge in [0.2, 0.25) is 0 Å². The summed E-state index contributed by atoms with van der Waals surface area (Å²) in [6.45, 7) is 0. The van der Waals surface area contributed by atoms with E-state index in [0.29, 0.717) is 34.0 Å². The molecule has 0 radical (unpaired) electrons. The van der Waals surface area contributed by atoms with Gasteiger partial charge in [-0.05, 0) is 48.0 Å². The first-order chi connectivity index (χ1) is 12.0. The van der Waals surface area contributed by atoms with Crippen molar-refractivity contribution >= 4 is 17.8 Å². The van der Waals surface area contributed by atoms with Gasteiger partial charge in [-0.15, -0.1) is 0 Å². The van der Waals surface area contributed by atoms with Crippen molar-refractivity contribution in [1.82, 2.24) is 0 Å². The van der Waals surface area contributed by atoms with Gasteiger partial charge in [0, 0.05) is 5.56 Å². The maximum atomic E-state index is 12.1. The Kier molecular flexibility index (Phi) is 4.35. The molecule has 2 aromatic carbocycles. The number of hydrogen-bond donors (Lipinski definition) is 2. The molecule has 0 aromatic heterocycles. The molecule has 6 nitrogen and oxygen atoms in total. The van der Waals surface area contributed by atoms with Crippen LogP contribution in [0.2, 0.25) is 0 Å². The Balaban J connectivity index is 1.94. The Morgan fingerprint density at radius 2 is 1.72 bits per heavy atom. The molecular weight excluding hydrogens is 324 g/mol. The molecule has 0 saturated heterocycles. The molecule has 1 aliphatic heterocycles. The number of carbonyl (C=O) groups excluding carboxylic acids is 1. The maximum absolute atomic E-state index is 12.1. The molecule has 1 aliphatic rings. The first-order valence-electron chi connectivity index (χ1n) is 7.42. The zero-order valence-corrected chi connectivity index (χ0v) is 13.6. The van der Waals surface area contributed by atoms with Crippen molar-refractivity contribution in [3.63, 3.8) is 0 Å². The van der Waals surface area contributed by atoms with E-state index in [4.69, 9.17) is 14.2 Å². The van der Waals surface area contributed by atoms with Crippen LogP contribution in [0.1, 0.15) is 11.1 Å². The normalized spacial score (nSPS) is 15.0. The largest absolute Gasteiger partial charge is 0.504 e. The fourth-order valence-electron chi connectivity index (χ4n) is 2.43. The van der Waals surface area contributed by atoms with Crippen LogP contribution in [0.15, 0.2) is 48.0 Å². The van der Waals surface area contributed by atoms with Crippen LogP contribution in [-0.4, -0.2) is 30.4 Å². The number of ether oxygens (including phenoxy) is 3. The Morgan fingerprint density at radius 1 is 0.960 bits per heavy atom. The Bertz CT molecular complexity index is 895. The predicted molar refractivity (Wildman–Crippen MR) is 91.4 cm³/mol. The van der Waals surface area contributed by atoms with Gasteiger partial charge < -0.3 is 24.4 Å². The molecule has 25 heavy (non-hydrogen) atoms. The van der Waals surface area contributed by atoms with Gasteiger partial charge in [0.1, 0.15) is 5.76 Å². The van der Waals surface area contributed by atoms with Crippen LogP contribution in [0.3, 0.4) is 0 Å². The third kappa shape index (κ3) is 3.28. The van der Waals surface area contributed by atoms with Crippen molar-refractivity contribution in [3.05, 3.63) is 59.2 Å². The van der Waals surface area contributed by atoms with Crippen LogP contribution in [0.25, 0.3) is 11.8 Å². The lowest BCUT2D eigenvalue weighted by Crippen LogP contribution is -1.98. The van der Waals surface area contributed by atoms with E-state index in [1.54, 1.807) is 43.5 Å². The van der Waals surface area contributed by atoms with Gasteiger partial charge in [0.25, 0.3) is 0 Å². The molecule has 0 atom stereocenters. The Hall–Kier alpha value is -3.41. The molecule has 2 aromatic rings. The highest BCUT2D eigenvalue weighted by atomic mass is 16.5. The number of phenols is 2. The fraction of sp³-hybridized carbons (Fsp3) is 0.105. The lowest BCUT2D eigenvalue weighted by atomic mass is 10.1. The van der Waals surface area contributed by atoms with Crippen molar-refractivity contribution in [2.75, 3.05) is 14.2 Å². The average molecular weight is 340 g/mol. The molecule has 128 valence electrons. The third-order valence-corrected chi connectivity index (χ3v) is 3.71. The molecule has 1 heterocycles. The number of esters is 1. The van der Waals surface area contributed by atoms with E-state index in [9.17, 15) is 15.0 Å². The minimum absolute atomic E-state index is 0.224. The lowest BCUT2D eigenvalue weighted by molar-refractivity contribution is -0.130. The summed E-state index contributed by atoms with van der Waals surface area (Å²) < 4.78 is 15.7. The van der Waals surface area contributed by atoms with Gasteiger partial charge >= 0.3 is 5.97 Å². The molecule has 0 saturated carbocycles. The average Bonchev–Trinajstić information content (AvgIpc) is 2.98. The van der Waals surface area contributed by atoms with E-state index in [-0.39, 0.29) is 11.5 Å².